The van der Waals surface area contributed by atoms with Crippen molar-refractivity contribution in [2.45, 2.75) is 66.3 Å². The number of hydrogen-bond acceptors (Lipinski definition) is 1. The number of hydrogen-bond donors (Lipinski definition) is 0. The van der Waals surface area contributed by atoms with E-state index in [0.29, 0.717) is 0 Å². The van der Waals surface area contributed by atoms with Gasteiger partial charge < -0.3 is 0 Å². The van der Waals surface area contributed by atoms with E-state index in [-0.39, 0.29) is 7.92 Å². The first kappa shape index (κ1) is 14.5. The number of benzene rings is 2. The average molecular weight is 455 g/mol. The molecule has 1 spiro atoms. The van der Waals surface area contributed by atoms with Crippen LogP contribution >= 0.6 is 7.92 Å². The Balaban J connectivity index is 1.28. The summed E-state index contributed by atoms with van der Waals surface area (Å²) in [5.74, 6) is 0. The summed E-state index contributed by atoms with van der Waals surface area (Å²) in [7, 11) is 4.69. The van der Waals surface area contributed by atoms with Crippen LogP contribution in [0.2, 0.25) is 42.8 Å². The van der Waals surface area contributed by atoms with E-state index in [2.05, 4.69) is 86.6 Å². The van der Waals surface area contributed by atoms with Crippen LogP contribution in [0, 0.1) is 0 Å². The van der Waals surface area contributed by atoms with E-state index in [1.165, 1.54) is 45.0 Å². The summed E-state index contributed by atoms with van der Waals surface area (Å²) in [6.07, 6.45) is 1.40. The van der Waals surface area contributed by atoms with Gasteiger partial charge in [0.25, 0.3) is 0 Å². The van der Waals surface area contributed by atoms with Crippen molar-refractivity contribution in [1.82, 2.24) is 4.90 Å². The molecule has 0 N–H and O–H groups in total. The van der Waals surface area contributed by atoms with Crippen LogP contribution in [0.3, 0.4) is 0 Å². The summed E-state index contributed by atoms with van der Waals surface area (Å²) >= 11 is 0. The first-order chi connectivity index (χ1) is 14.4. The van der Waals surface area contributed by atoms with Gasteiger partial charge in [-0.1, -0.05) is 0 Å². The molecule has 0 amide bonds. The third-order valence-corrected chi connectivity index (χ3v) is 68.8. The third-order valence-electron chi connectivity index (χ3n) is 18.7. The van der Waals surface area contributed by atoms with Crippen LogP contribution in [0.4, 0.5) is 0 Å². The van der Waals surface area contributed by atoms with E-state index in [1.807, 2.05) is 0 Å². The Kier molecular flexibility index (Phi) is 0.905. The third kappa shape index (κ3) is 0.264. The van der Waals surface area contributed by atoms with Gasteiger partial charge in [0.2, 0.25) is 0 Å². The summed E-state index contributed by atoms with van der Waals surface area (Å²) in [4.78, 5) is 13.6. The van der Waals surface area contributed by atoms with Crippen molar-refractivity contribution in [3.63, 3.8) is 0 Å². The van der Waals surface area contributed by atoms with Crippen molar-refractivity contribution in [2.24, 2.45) is 0 Å². The molecule has 6 unspecified atom stereocenters. The Morgan fingerprint density at radius 2 is 1.30 bits per heavy atom. The topological polar surface area (TPSA) is 3.24 Å². The normalized spacial score (nSPS) is 76.4. The maximum atomic E-state index is 2.74. The zero-order valence-electron chi connectivity index (χ0n) is 17.9. The van der Waals surface area contributed by atoms with Gasteiger partial charge in [-0.05, 0) is 0 Å². The molecule has 0 radical (unpaired) electrons. The Morgan fingerprint density at radius 3 is 1.67 bits per heavy atom. The fraction of sp³-hybridized carbons (Fsp3) is 0.556. The van der Waals surface area contributed by atoms with Crippen molar-refractivity contribution in [2.75, 3.05) is 14.1 Å². The zero-order valence-corrected chi connectivity index (χ0v) is 19.9. The van der Waals surface area contributed by atoms with Gasteiger partial charge in [0, 0.05) is 0 Å². The SMILES string of the molecule is CCC(N(C)C)[C]12[CH]3[CH]4[CH]5[C]1(P(c1ccccc1)c1ccccc1)[Fe]43521678[CH]2[CH]1[CH]6[CH]7[CH]28. The summed E-state index contributed by atoms with van der Waals surface area (Å²) in [6.45, 7) is -0.989. The Bertz CT molecular complexity index is 1560. The quantitative estimate of drug-likeness (QED) is 0.374. The molecule has 30 heavy (non-hydrogen) atoms. The van der Waals surface area contributed by atoms with Crippen LogP contribution in [0.5, 0.6) is 0 Å². The Labute approximate surface area is 170 Å². The maximum absolute atomic E-state index is 3.53. The molecule has 6 atom stereocenters. The molecule has 1 nitrogen and oxygen atoms in total. The molecule has 0 saturated carbocycles. The van der Waals surface area contributed by atoms with Gasteiger partial charge in [-0.15, -0.1) is 0 Å². The summed E-state index contributed by atoms with van der Waals surface area (Å²) < 4.78 is 1.71. The second kappa shape index (κ2) is 1.87. The monoisotopic (exact) mass is 455 g/mol. The molecule has 10 saturated heterocycles. The van der Waals surface area contributed by atoms with Crippen LogP contribution in [-0.4, -0.2) is 29.1 Å². The molecule has 10 heterocycles. The van der Waals surface area contributed by atoms with E-state index in [9.17, 15) is 0 Å². The molecular formula is C27H30FeNP. The minimum absolute atomic E-state index is 0.206. The first-order valence-corrected chi connectivity index (χ1v) is 19.7. The molecule has 12 rings (SSSR count). The minimum atomic E-state index is -3.53. The van der Waals surface area contributed by atoms with Gasteiger partial charge in [-0.2, -0.15) is 0 Å². The van der Waals surface area contributed by atoms with Crippen molar-refractivity contribution in [3.05, 3.63) is 60.7 Å². The predicted octanol–water partition coefficient (Wildman–Crippen LogP) is 6.13. The van der Waals surface area contributed by atoms with E-state index >= 15 is 0 Å². The van der Waals surface area contributed by atoms with Crippen LogP contribution in [0.15, 0.2) is 60.7 Å². The van der Waals surface area contributed by atoms with E-state index in [0.717, 1.165) is 14.4 Å². The Morgan fingerprint density at radius 1 is 0.800 bits per heavy atom. The van der Waals surface area contributed by atoms with Crippen molar-refractivity contribution < 1.29 is 6.51 Å². The van der Waals surface area contributed by atoms with Gasteiger partial charge in [-0.25, -0.2) is 0 Å². The summed E-state index contributed by atoms with van der Waals surface area (Å²) in [5.41, 5.74) is 0. The van der Waals surface area contributed by atoms with Crippen LogP contribution in [0.25, 0.3) is 0 Å². The number of nitrogens with zero attached hydrogens (tertiary/aromatic N) is 1. The molecule has 10 aliphatic heterocycles. The average Bonchev–Trinajstić information content (AvgIpc) is 3.71. The molecule has 156 valence electrons. The van der Waals surface area contributed by atoms with Crippen LogP contribution in [-0.2, 0) is 6.51 Å². The summed E-state index contributed by atoms with van der Waals surface area (Å²) in [6, 6.07) is 24.9. The van der Waals surface area contributed by atoms with Gasteiger partial charge in [-0.3, -0.25) is 0 Å². The van der Waals surface area contributed by atoms with Crippen LogP contribution in [0.1, 0.15) is 13.3 Å². The van der Waals surface area contributed by atoms with Gasteiger partial charge >= 0.3 is 171 Å². The molecule has 0 aliphatic carbocycles. The van der Waals surface area contributed by atoms with Crippen molar-refractivity contribution in [1.29, 1.82) is 0 Å². The van der Waals surface area contributed by atoms with E-state index in [4.69, 9.17) is 0 Å². The molecule has 3 heteroatoms. The molecule has 2 aromatic carbocycles. The van der Waals surface area contributed by atoms with Crippen LogP contribution < -0.4 is 10.6 Å². The molecule has 0 bridgehead atoms. The van der Waals surface area contributed by atoms with Crippen molar-refractivity contribution in [3.8, 4) is 0 Å². The zero-order chi connectivity index (χ0) is 19.6. The van der Waals surface area contributed by atoms with E-state index < -0.39 is 6.51 Å². The fourth-order valence-corrected chi connectivity index (χ4v) is 112. The first-order valence-electron chi connectivity index (χ1n) is 12.2. The Hall–Kier alpha value is -0.651. The standard InChI is InChI=1S/C22H25NP.C5H5.Fe/c1-4-21(23(2)3)20-16-11-17-22(20)24(18-12-7-5-8-13-18)19-14-9-6-10-15-19;1-2-4-5-3-1;/h5-17,21H,4H2,1-3H3;1-5H;. The second-order valence-corrected chi connectivity index (χ2v) is 40.7. The fourth-order valence-electron chi connectivity index (χ4n) is 20.9. The molecular weight excluding hydrogens is 425 g/mol. The van der Waals surface area contributed by atoms with Gasteiger partial charge in [0.1, 0.15) is 0 Å². The van der Waals surface area contributed by atoms with E-state index in [1.54, 1.807) is 10.6 Å². The number of rotatable bonds is 6. The molecule has 2 aromatic rings. The number of fused-ring (bicyclic) bond motifs is 10. The molecule has 10 aliphatic rings. The predicted molar refractivity (Wildman–Crippen MR) is 122 cm³/mol. The summed E-state index contributed by atoms with van der Waals surface area (Å²) in [5, 5.41) is 3.47. The van der Waals surface area contributed by atoms with Crippen molar-refractivity contribution >= 4 is 18.5 Å². The van der Waals surface area contributed by atoms with Gasteiger partial charge in [0.05, 0.1) is 0 Å². The van der Waals surface area contributed by atoms with Gasteiger partial charge in [0.15, 0.2) is 0 Å². The second-order valence-electron chi connectivity index (χ2n) is 14.7. The molecule has 0 aromatic heterocycles. The molecule has 10 fully saturated rings.